The number of carbonyl (C=O) groups excluding carboxylic acids is 1. The van der Waals surface area contributed by atoms with Crippen LogP contribution in [0.5, 0.6) is 0 Å². The number of nitrogens with zero attached hydrogens (tertiary/aromatic N) is 3. The van der Waals surface area contributed by atoms with Gasteiger partial charge in [0.15, 0.2) is 0 Å². The minimum absolute atomic E-state index is 0.0558. The van der Waals surface area contributed by atoms with Gasteiger partial charge in [-0.15, -0.1) is 0 Å². The normalized spacial score (nSPS) is 21.0. The van der Waals surface area contributed by atoms with Crippen LogP contribution in [0.4, 0.5) is 0 Å². The molecule has 5 rings (SSSR count). The summed E-state index contributed by atoms with van der Waals surface area (Å²) in [7, 11) is 1.71. The summed E-state index contributed by atoms with van der Waals surface area (Å²) in [5.41, 5.74) is 6.21. The van der Waals surface area contributed by atoms with Gasteiger partial charge in [0.1, 0.15) is 0 Å². The Morgan fingerprint density at radius 2 is 2.12 bits per heavy atom. The van der Waals surface area contributed by atoms with Gasteiger partial charge in [-0.3, -0.25) is 14.7 Å². The van der Waals surface area contributed by atoms with E-state index in [-0.39, 0.29) is 11.8 Å². The third-order valence-electron chi connectivity index (χ3n) is 7.47. The smallest absolute Gasteiger partial charge is 0.220 e. The molecular weight excluding hydrogens is 420 g/mol. The summed E-state index contributed by atoms with van der Waals surface area (Å²) in [5, 5.41) is 4.87. The van der Waals surface area contributed by atoms with E-state index in [1.54, 1.807) is 7.05 Å². The summed E-state index contributed by atoms with van der Waals surface area (Å²) in [6.45, 7) is 6.10. The van der Waals surface area contributed by atoms with E-state index in [4.69, 9.17) is 11.6 Å². The van der Waals surface area contributed by atoms with Crippen molar-refractivity contribution in [2.45, 2.75) is 64.1 Å². The van der Waals surface area contributed by atoms with E-state index in [0.29, 0.717) is 18.5 Å². The molecule has 0 radical (unpaired) electrons. The van der Waals surface area contributed by atoms with E-state index in [1.165, 1.54) is 35.0 Å². The molecule has 1 fully saturated rings. The summed E-state index contributed by atoms with van der Waals surface area (Å²) in [6.07, 6.45) is 5.89. The van der Waals surface area contributed by atoms with Crippen LogP contribution in [-0.2, 0) is 17.8 Å². The van der Waals surface area contributed by atoms with Crippen LogP contribution in [0.25, 0.3) is 10.9 Å². The van der Waals surface area contributed by atoms with Crippen LogP contribution in [0.1, 0.15) is 60.7 Å². The number of pyridine rings is 1. The number of rotatable bonds is 6. The van der Waals surface area contributed by atoms with Gasteiger partial charge in [-0.25, -0.2) is 0 Å². The van der Waals surface area contributed by atoms with E-state index < -0.39 is 0 Å². The first-order valence-corrected chi connectivity index (χ1v) is 12.1. The van der Waals surface area contributed by atoms with Gasteiger partial charge < -0.3 is 9.88 Å². The Hall–Kier alpha value is -2.37. The molecule has 0 spiro atoms. The van der Waals surface area contributed by atoms with Gasteiger partial charge in [0, 0.05) is 77.9 Å². The summed E-state index contributed by atoms with van der Waals surface area (Å²) in [6, 6.07) is 11.5. The van der Waals surface area contributed by atoms with Crippen molar-refractivity contribution < 1.29 is 4.79 Å². The van der Waals surface area contributed by atoms with E-state index in [1.807, 2.05) is 25.3 Å². The molecule has 2 aliphatic rings. The number of halogens is 1. The molecule has 0 aliphatic carbocycles. The van der Waals surface area contributed by atoms with Crippen LogP contribution >= 0.6 is 11.6 Å². The molecule has 1 N–H and O–H groups in total. The van der Waals surface area contributed by atoms with E-state index >= 15 is 0 Å². The van der Waals surface area contributed by atoms with Crippen molar-refractivity contribution in [1.82, 2.24) is 19.8 Å². The number of aryl methyl sites for hydroxylation is 1. The van der Waals surface area contributed by atoms with E-state index in [2.05, 4.69) is 44.9 Å². The first-order chi connectivity index (χ1) is 15.5. The Morgan fingerprint density at radius 1 is 1.28 bits per heavy atom. The Morgan fingerprint density at radius 3 is 2.84 bits per heavy atom. The number of hydrogen-bond acceptors (Lipinski definition) is 3. The number of amides is 1. The molecule has 6 heteroatoms. The summed E-state index contributed by atoms with van der Waals surface area (Å²) < 4.78 is 2.48. The number of benzene rings is 1. The molecule has 4 heterocycles. The molecule has 0 saturated carbocycles. The predicted octanol–water partition coefficient (Wildman–Crippen LogP) is 5.00. The molecule has 32 heavy (non-hydrogen) atoms. The molecule has 1 amide bonds. The van der Waals surface area contributed by atoms with Crippen molar-refractivity contribution in [1.29, 1.82) is 0 Å². The lowest BCUT2D eigenvalue weighted by Gasteiger charge is -2.35. The number of hydrogen-bond donors (Lipinski definition) is 1. The molecule has 2 aromatic heterocycles. The van der Waals surface area contributed by atoms with Crippen LogP contribution in [0.15, 0.2) is 36.5 Å². The van der Waals surface area contributed by atoms with Crippen molar-refractivity contribution >= 4 is 28.4 Å². The Bertz CT molecular complexity index is 1150. The molecule has 1 saturated heterocycles. The Balaban J connectivity index is 1.62. The highest BCUT2D eigenvalue weighted by molar-refractivity contribution is 6.31. The third kappa shape index (κ3) is 3.61. The summed E-state index contributed by atoms with van der Waals surface area (Å²) >= 11 is 6.46. The molecule has 168 valence electrons. The molecule has 3 atom stereocenters. The molecule has 3 aromatic rings. The summed E-state index contributed by atoms with van der Waals surface area (Å²) in [5.74, 6) is 0.112. The highest BCUT2D eigenvalue weighted by Crippen LogP contribution is 2.48. The molecule has 5 nitrogen and oxygen atoms in total. The van der Waals surface area contributed by atoms with Crippen molar-refractivity contribution in [2.75, 3.05) is 13.6 Å². The maximum Gasteiger partial charge on any atom is 0.220 e. The third-order valence-corrected chi connectivity index (χ3v) is 7.70. The Labute approximate surface area is 194 Å². The lowest BCUT2D eigenvalue weighted by atomic mass is 9.95. The fourth-order valence-electron chi connectivity index (χ4n) is 5.93. The number of carbonyl (C=O) groups is 1. The second-order valence-corrected chi connectivity index (χ2v) is 9.66. The predicted molar refractivity (Wildman–Crippen MR) is 129 cm³/mol. The van der Waals surface area contributed by atoms with Gasteiger partial charge >= 0.3 is 0 Å². The average Bonchev–Trinajstić information content (AvgIpc) is 3.25. The first-order valence-electron chi connectivity index (χ1n) is 11.7. The molecule has 3 unspecified atom stereocenters. The second-order valence-electron chi connectivity index (χ2n) is 9.22. The average molecular weight is 451 g/mol. The lowest BCUT2D eigenvalue weighted by molar-refractivity contribution is -0.121. The quantitative estimate of drug-likeness (QED) is 0.575. The van der Waals surface area contributed by atoms with Gasteiger partial charge in [0.2, 0.25) is 5.91 Å². The number of likely N-dealkylation sites (N-methyl/N-ethyl adjacent to an activating group) is 1. The van der Waals surface area contributed by atoms with Crippen molar-refractivity contribution in [2.24, 2.45) is 0 Å². The number of fused-ring (bicyclic) bond motifs is 6. The minimum Gasteiger partial charge on any atom is -0.359 e. The maximum absolute atomic E-state index is 12.4. The van der Waals surface area contributed by atoms with Crippen molar-refractivity contribution in [3.63, 3.8) is 0 Å². The largest absolute Gasteiger partial charge is 0.359 e. The van der Waals surface area contributed by atoms with Crippen LogP contribution in [0, 0.1) is 6.92 Å². The van der Waals surface area contributed by atoms with E-state index in [0.717, 1.165) is 35.8 Å². The molecule has 1 aromatic carbocycles. The zero-order valence-corrected chi connectivity index (χ0v) is 19.8. The maximum atomic E-state index is 12.4. The van der Waals surface area contributed by atoms with Crippen molar-refractivity contribution in [3.05, 3.63) is 64.1 Å². The van der Waals surface area contributed by atoms with Crippen LogP contribution < -0.4 is 5.32 Å². The number of aromatic nitrogens is 2. The van der Waals surface area contributed by atoms with Gasteiger partial charge in [0.05, 0.1) is 0 Å². The first kappa shape index (κ1) is 21.5. The van der Waals surface area contributed by atoms with Crippen LogP contribution in [0.2, 0.25) is 5.02 Å². The zero-order valence-electron chi connectivity index (χ0n) is 19.1. The fraction of sp³-hybridized carbons (Fsp3) is 0.462. The van der Waals surface area contributed by atoms with Gasteiger partial charge in [-0.05, 0) is 61.7 Å². The van der Waals surface area contributed by atoms with Gasteiger partial charge in [-0.2, -0.15) is 0 Å². The van der Waals surface area contributed by atoms with Gasteiger partial charge in [-0.1, -0.05) is 24.6 Å². The number of nitrogens with one attached hydrogen (secondary N) is 1. The zero-order chi connectivity index (χ0) is 22.4. The summed E-state index contributed by atoms with van der Waals surface area (Å²) in [4.78, 5) is 19.6. The molecule has 2 aliphatic heterocycles. The molecule has 2 bridgehead atoms. The van der Waals surface area contributed by atoms with E-state index in [9.17, 15) is 4.79 Å². The van der Waals surface area contributed by atoms with Gasteiger partial charge in [0.25, 0.3) is 0 Å². The lowest BCUT2D eigenvalue weighted by Crippen LogP contribution is -2.37. The topological polar surface area (TPSA) is 50.2 Å². The highest BCUT2D eigenvalue weighted by atomic mass is 35.5. The molecular formula is C26H31ClN4O. The van der Waals surface area contributed by atoms with Crippen molar-refractivity contribution in [3.8, 4) is 0 Å². The Kier molecular flexibility index (Phi) is 5.72. The second kappa shape index (κ2) is 8.53. The van der Waals surface area contributed by atoms with Crippen LogP contribution in [-0.4, -0.2) is 40.0 Å². The standard InChI is InChI=1S/C26H31ClN4O/c1-4-30-20-8-10-23(30)26-21-12-19(27)7-9-22(21)31(24(26)13-20)15-18(11-25(32)28-3)17-6-5-16(2)29-14-17/h5-7,9,12,14,18,20,23H,4,8,10-11,13,15H2,1-3H3,(H,28,32). The SMILES string of the molecule is CCN1C2CCC1c1c(n(CC(CC(=O)NC)c3ccc(C)nc3)c3ccc(Cl)cc13)C2. The monoisotopic (exact) mass is 450 g/mol. The highest BCUT2D eigenvalue weighted by Gasteiger charge is 2.42. The fourth-order valence-corrected chi connectivity index (χ4v) is 6.10. The minimum atomic E-state index is 0.0558. The van der Waals surface area contributed by atoms with Crippen LogP contribution in [0.3, 0.4) is 0 Å².